The van der Waals surface area contributed by atoms with Crippen molar-refractivity contribution >= 4 is 33.5 Å². The topological polar surface area (TPSA) is 89.2 Å². The maximum Gasteiger partial charge on any atom is 0.220 e. The molecule has 0 unspecified atom stereocenters. The van der Waals surface area contributed by atoms with Crippen molar-refractivity contribution in [2.45, 2.75) is 44.7 Å². The normalized spacial score (nSPS) is 20.2. The first kappa shape index (κ1) is 16.1. The van der Waals surface area contributed by atoms with E-state index in [0.717, 1.165) is 41.6 Å². The predicted molar refractivity (Wildman–Crippen MR) is 96.9 cm³/mol. The second kappa shape index (κ2) is 6.39. The number of rotatable bonds is 3. The van der Waals surface area contributed by atoms with Gasteiger partial charge in [-0.05, 0) is 60.7 Å². The molecule has 0 saturated heterocycles. The van der Waals surface area contributed by atoms with Gasteiger partial charge in [0.1, 0.15) is 11.4 Å². The van der Waals surface area contributed by atoms with E-state index >= 15 is 0 Å². The highest BCUT2D eigenvalue weighted by molar-refractivity contribution is 9.10. The molecule has 124 valence electrons. The first-order valence-electron chi connectivity index (χ1n) is 7.98. The van der Waals surface area contributed by atoms with Crippen molar-refractivity contribution in [3.05, 3.63) is 22.7 Å². The largest absolute Gasteiger partial charge is 0.493 e. The van der Waals surface area contributed by atoms with E-state index in [-0.39, 0.29) is 5.96 Å². The summed E-state index contributed by atoms with van der Waals surface area (Å²) in [5, 5.41) is 0. The molecule has 3 rings (SSSR count). The van der Waals surface area contributed by atoms with Crippen LogP contribution in [0.15, 0.2) is 32.7 Å². The van der Waals surface area contributed by atoms with Gasteiger partial charge in [-0.2, -0.15) is 4.99 Å². The lowest BCUT2D eigenvalue weighted by molar-refractivity contribution is 0.305. The molecule has 1 aliphatic heterocycles. The summed E-state index contributed by atoms with van der Waals surface area (Å²) in [6.45, 7) is 2.56. The fraction of sp³-hybridized carbons (Fsp3) is 0.500. The van der Waals surface area contributed by atoms with Crippen LogP contribution in [0.25, 0.3) is 0 Å². The average Bonchev–Trinajstić information content (AvgIpc) is 2.50. The van der Waals surface area contributed by atoms with Crippen LogP contribution in [0.1, 0.15) is 39.0 Å². The predicted octanol–water partition coefficient (Wildman–Crippen LogP) is 2.96. The van der Waals surface area contributed by atoms with Crippen molar-refractivity contribution in [2.24, 2.45) is 21.5 Å². The zero-order valence-corrected chi connectivity index (χ0v) is 14.8. The fourth-order valence-corrected chi connectivity index (χ4v) is 3.75. The Balaban J connectivity index is 2.05. The summed E-state index contributed by atoms with van der Waals surface area (Å²) in [7, 11) is 0. The highest BCUT2D eigenvalue weighted by atomic mass is 79.9. The summed E-state index contributed by atoms with van der Waals surface area (Å²) in [6, 6.07) is 5.94. The first-order valence-corrected chi connectivity index (χ1v) is 8.77. The number of guanidine groups is 2. The quantitative estimate of drug-likeness (QED) is 0.844. The molecule has 0 aromatic heterocycles. The summed E-state index contributed by atoms with van der Waals surface area (Å²) in [6.07, 6.45) is 5.27. The molecule has 1 spiro atoms. The van der Waals surface area contributed by atoms with Gasteiger partial charge in [0.15, 0.2) is 0 Å². The van der Waals surface area contributed by atoms with Crippen LogP contribution in [-0.2, 0) is 0 Å². The van der Waals surface area contributed by atoms with Crippen LogP contribution in [-0.4, -0.2) is 24.2 Å². The Morgan fingerprint density at radius 1 is 1.26 bits per heavy atom. The lowest BCUT2D eigenvalue weighted by atomic mass is 9.87. The molecule has 1 fully saturated rings. The molecule has 23 heavy (non-hydrogen) atoms. The van der Waals surface area contributed by atoms with Gasteiger partial charge in [0, 0.05) is 6.07 Å². The Morgan fingerprint density at radius 3 is 2.70 bits per heavy atom. The molecular weight excluding hydrogens is 358 g/mol. The third kappa shape index (κ3) is 3.02. The van der Waals surface area contributed by atoms with E-state index in [0.29, 0.717) is 12.6 Å². The Labute approximate surface area is 144 Å². The number of halogens is 1. The highest BCUT2D eigenvalue weighted by Crippen LogP contribution is 2.41. The maximum atomic E-state index is 6.23. The summed E-state index contributed by atoms with van der Waals surface area (Å²) in [4.78, 5) is 10.9. The van der Waals surface area contributed by atoms with Crippen LogP contribution in [0, 0.1) is 0 Å². The Kier molecular flexibility index (Phi) is 4.48. The molecule has 2 aliphatic rings. The summed E-state index contributed by atoms with van der Waals surface area (Å²) >= 11 is 3.52. The van der Waals surface area contributed by atoms with Crippen LogP contribution in [0.3, 0.4) is 0 Å². The van der Waals surface area contributed by atoms with Gasteiger partial charge in [-0.1, -0.05) is 6.42 Å². The van der Waals surface area contributed by atoms with E-state index in [9.17, 15) is 0 Å². The molecule has 6 nitrogen and oxygen atoms in total. The van der Waals surface area contributed by atoms with Crippen LogP contribution < -0.4 is 21.1 Å². The van der Waals surface area contributed by atoms with Gasteiger partial charge >= 0.3 is 0 Å². The van der Waals surface area contributed by atoms with Crippen LogP contribution in [0.4, 0.5) is 5.69 Å². The molecule has 7 heteroatoms. The number of nitrogens with zero attached hydrogens (tertiary/aromatic N) is 3. The lowest BCUT2D eigenvalue weighted by Crippen LogP contribution is -2.58. The summed E-state index contributed by atoms with van der Waals surface area (Å²) in [5.41, 5.74) is 12.6. The van der Waals surface area contributed by atoms with E-state index in [2.05, 4.69) is 25.9 Å². The molecule has 1 aromatic rings. The monoisotopic (exact) mass is 379 g/mol. The van der Waals surface area contributed by atoms with Gasteiger partial charge in [0.25, 0.3) is 0 Å². The second-order valence-electron chi connectivity index (χ2n) is 5.87. The van der Waals surface area contributed by atoms with Crippen molar-refractivity contribution in [3.8, 4) is 5.75 Å². The van der Waals surface area contributed by atoms with E-state index in [1.165, 1.54) is 6.42 Å². The fourth-order valence-electron chi connectivity index (χ4n) is 3.39. The van der Waals surface area contributed by atoms with Crippen molar-refractivity contribution in [1.29, 1.82) is 0 Å². The van der Waals surface area contributed by atoms with E-state index in [4.69, 9.17) is 16.2 Å². The molecule has 1 heterocycles. The third-order valence-electron chi connectivity index (χ3n) is 4.32. The number of ether oxygens (including phenoxy) is 1. The molecule has 0 amide bonds. The molecule has 1 aromatic carbocycles. The minimum absolute atomic E-state index is 0.266. The number of nitrogens with two attached hydrogens (primary N) is 2. The minimum Gasteiger partial charge on any atom is -0.493 e. The molecule has 4 N–H and O–H groups in total. The van der Waals surface area contributed by atoms with E-state index < -0.39 is 5.66 Å². The lowest BCUT2D eigenvalue weighted by Gasteiger charge is -2.45. The van der Waals surface area contributed by atoms with Crippen LogP contribution in [0.5, 0.6) is 5.75 Å². The van der Waals surface area contributed by atoms with Gasteiger partial charge in [0.2, 0.25) is 11.9 Å². The number of aliphatic imine (C=N–C) groups is 2. The Hall–Kier alpha value is -1.76. The third-order valence-corrected chi connectivity index (χ3v) is 4.98. The van der Waals surface area contributed by atoms with Crippen molar-refractivity contribution in [1.82, 2.24) is 0 Å². The Bertz CT molecular complexity index is 652. The number of hydrogen-bond acceptors (Lipinski definition) is 6. The smallest absolute Gasteiger partial charge is 0.220 e. The molecular formula is C16H22BrN5O. The molecule has 0 bridgehead atoms. The molecule has 1 aliphatic carbocycles. The van der Waals surface area contributed by atoms with Crippen molar-refractivity contribution < 1.29 is 4.74 Å². The van der Waals surface area contributed by atoms with Crippen LogP contribution >= 0.6 is 15.9 Å². The summed E-state index contributed by atoms with van der Waals surface area (Å²) in [5.74, 6) is 1.44. The number of hydrogen-bond donors (Lipinski definition) is 2. The maximum absolute atomic E-state index is 6.23. The van der Waals surface area contributed by atoms with Crippen LogP contribution in [0.2, 0.25) is 0 Å². The van der Waals surface area contributed by atoms with E-state index in [1.807, 2.05) is 30.0 Å². The standard InChI is InChI=1S/C16H22BrN5O/c1-2-23-13-10-11(6-7-12(13)17)22-15(19)20-14(18)21-16(22)8-4-3-5-9-16/h6-7,10H,2-5,8-9H2,1H3,(H4,18,19,20,21). The zero-order chi connectivity index (χ0) is 16.4. The molecule has 1 saturated carbocycles. The average molecular weight is 380 g/mol. The van der Waals surface area contributed by atoms with E-state index in [1.54, 1.807) is 0 Å². The zero-order valence-electron chi connectivity index (χ0n) is 13.3. The van der Waals surface area contributed by atoms with Gasteiger partial charge < -0.3 is 16.2 Å². The molecule has 0 atom stereocenters. The van der Waals surface area contributed by atoms with Gasteiger partial charge in [0.05, 0.1) is 16.8 Å². The van der Waals surface area contributed by atoms with Crippen molar-refractivity contribution in [2.75, 3.05) is 11.5 Å². The SMILES string of the molecule is CCOc1cc(N2C(N)=NC(N)=NC23CCCCC3)ccc1Br. The molecule has 0 radical (unpaired) electrons. The first-order chi connectivity index (χ1) is 11.1. The Morgan fingerprint density at radius 2 is 2.00 bits per heavy atom. The second-order valence-corrected chi connectivity index (χ2v) is 6.72. The number of anilines is 1. The summed E-state index contributed by atoms with van der Waals surface area (Å²) < 4.78 is 6.60. The minimum atomic E-state index is -0.425. The highest BCUT2D eigenvalue weighted by Gasteiger charge is 2.42. The number of benzene rings is 1. The van der Waals surface area contributed by atoms with Gasteiger partial charge in [-0.25, -0.2) is 4.99 Å². The van der Waals surface area contributed by atoms with Gasteiger partial charge in [-0.3, -0.25) is 4.90 Å². The van der Waals surface area contributed by atoms with Gasteiger partial charge in [-0.15, -0.1) is 0 Å². The van der Waals surface area contributed by atoms with Crippen molar-refractivity contribution in [3.63, 3.8) is 0 Å².